The molecule has 0 aliphatic rings. The molecule has 0 saturated carbocycles. The summed E-state index contributed by atoms with van der Waals surface area (Å²) < 4.78 is 41.7. The molecule has 2 N–H and O–H groups in total. The topological polar surface area (TPSA) is 77.4 Å². The first-order chi connectivity index (χ1) is 12.7. The molecule has 3 aromatic rings. The zero-order chi connectivity index (χ0) is 19.8. The van der Waals surface area contributed by atoms with Gasteiger partial charge in [0.05, 0.1) is 24.2 Å². The van der Waals surface area contributed by atoms with Crippen LogP contribution in [0.25, 0.3) is 22.3 Å². The normalized spacial score (nSPS) is 12.8. The Hall–Kier alpha value is -3.08. The number of H-pyrrole nitrogens is 1. The lowest BCUT2D eigenvalue weighted by Gasteiger charge is -2.30. The highest BCUT2D eigenvalue weighted by atomic mass is 19.1. The molecule has 140 valence electrons. The fourth-order valence-corrected chi connectivity index (χ4v) is 2.77. The molecule has 0 radical (unpaired) electrons. The molecule has 2 heterocycles. The van der Waals surface area contributed by atoms with E-state index in [1.54, 1.807) is 0 Å². The lowest BCUT2D eigenvalue weighted by atomic mass is 9.85. The summed E-state index contributed by atoms with van der Waals surface area (Å²) in [6.45, 7) is 5.77. The predicted molar refractivity (Wildman–Crippen MR) is 96.3 cm³/mol. The molecule has 0 saturated heterocycles. The fraction of sp³-hybridized carbons (Fsp3) is 0.316. The first-order valence-corrected chi connectivity index (χ1v) is 8.33. The van der Waals surface area contributed by atoms with E-state index in [1.807, 2.05) is 20.8 Å². The van der Waals surface area contributed by atoms with Crippen LogP contribution in [-0.4, -0.2) is 21.0 Å². The Bertz CT molecular complexity index is 1030. The van der Waals surface area contributed by atoms with Crippen molar-refractivity contribution in [1.29, 1.82) is 5.26 Å². The number of benzene rings is 1. The highest BCUT2D eigenvalue weighted by Gasteiger charge is 2.26. The summed E-state index contributed by atoms with van der Waals surface area (Å²) in [6.07, 6.45) is 2.59. The van der Waals surface area contributed by atoms with Gasteiger partial charge < -0.3 is 10.3 Å². The number of hydrogen-bond donors (Lipinski definition) is 2. The summed E-state index contributed by atoms with van der Waals surface area (Å²) in [7, 11) is 0. The number of fused-ring (bicyclic) bond motifs is 1. The highest BCUT2D eigenvalue weighted by molar-refractivity contribution is 5.94. The summed E-state index contributed by atoms with van der Waals surface area (Å²) >= 11 is 0. The smallest absolute Gasteiger partial charge is 0.183 e. The first kappa shape index (κ1) is 18.7. The number of halogens is 3. The number of hydrogen-bond acceptors (Lipinski definition) is 4. The molecule has 3 rings (SSSR count). The van der Waals surface area contributed by atoms with Crippen LogP contribution in [0.4, 0.5) is 19.0 Å². The Labute approximate surface area is 154 Å². The fourth-order valence-electron chi connectivity index (χ4n) is 2.77. The minimum Gasteiger partial charge on any atom is -0.363 e. The van der Waals surface area contributed by atoms with Crippen LogP contribution >= 0.6 is 0 Å². The van der Waals surface area contributed by atoms with E-state index in [-0.39, 0.29) is 40.4 Å². The van der Waals surface area contributed by atoms with Gasteiger partial charge in [-0.15, -0.1) is 0 Å². The number of nitriles is 1. The van der Waals surface area contributed by atoms with Gasteiger partial charge in [-0.2, -0.15) is 5.26 Å². The summed E-state index contributed by atoms with van der Waals surface area (Å²) in [4.78, 5) is 10.9. The zero-order valence-corrected chi connectivity index (χ0v) is 15.1. The number of nitrogens with one attached hydrogen (secondary N) is 2. The van der Waals surface area contributed by atoms with Gasteiger partial charge in [-0.1, -0.05) is 20.8 Å². The van der Waals surface area contributed by atoms with Gasteiger partial charge in [-0.25, -0.2) is 23.1 Å². The third-order valence-electron chi connectivity index (χ3n) is 4.34. The van der Waals surface area contributed by atoms with E-state index < -0.39 is 17.5 Å². The average Bonchev–Trinajstić information content (AvgIpc) is 2.99. The third kappa shape index (κ3) is 3.72. The summed E-state index contributed by atoms with van der Waals surface area (Å²) in [5.41, 5.74) is 0.144. The predicted octanol–water partition coefficient (Wildman–Crippen LogP) is 4.78. The van der Waals surface area contributed by atoms with Crippen molar-refractivity contribution in [2.24, 2.45) is 5.41 Å². The maximum Gasteiger partial charge on any atom is 0.183 e. The van der Waals surface area contributed by atoms with Crippen molar-refractivity contribution in [2.45, 2.75) is 33.2 Å². The number of aromatic amines is 1. The molecule has 1 atom stereocenters. The monoisotopic (exact) mass is 373 g/mol. The second-order valence-electron chi connectivity index (χ2n) is 7.33. The molecule has 1 aromatic carbocycles. The lowest BCUT2D eigenvalue weighted by molar-refractivity contribution is 0.342. The van der Waals surface area contributed by atoms with E-state index in [2.05, 4.69) is 26.3 Å². The highest BCUT2D eigenvalue weighted by Crippen LogP contribution is 2.31. The molecule has 0 spiro atoms. The summed E-state index contributed by atoms with van der Waals surface area (Å²) in [5.74, 6) is -2.11. The number of aromatic nitrogens is 3. The van der Waals surface area contributed by atoms with E-state index >= 15 is 0 Å². The molecule has 0 aliphatic heterocycles. The van der Waals surface area contributed by atoms with Gasteiger partial charge in [0.15, 0.2) is 17.5 Å². The van der Waals surface area contributed by atoms with Crippen LogP contribution in [0.1, 0.15) is 27.2 Å². The standard InChI is InChI=1S/C19H18F3N5/c1-19(2,3)15(4-5-23)26-18-14(22)9-25-17(27-18)12-8-24-16-11(12)6-10(20)7-13(16)21/h6-9,15,24H,4H2,1-3H3,(H,25,26,27). The van der Waals surface area contributed by atoms with E-state index in [0.29, 0.717) is 5.56 Å². The van der Waals surface area contributed by atoms with E-state index in [0.717, 1.165) is 18.3 Å². The van der Waals surface area contributed by atoms with Gasteiger partial charge in [0.25, 0.3) is 0 Å². The van der Waals surface area contributed by atoms with E-state index in [4.69, 9.17) is 5.26 Å². The van der Waals surface area contributed by atoms with Crippen molar-refractivity contribution in [1.82, 2.24) is 15.0 Å². The van der Waals surface area contributed by atoms with Crippen LogP contribution in [-0.2, 0) is 0 Å². The van der Waals surface area contributed by atoms with Crippen molar-refractivity contribution < 1.29 is 13.2 Å². The van der Waals surface area contributed by atoms with Crippen LogP contribution in [0.15, 0.2) is 24.5 Å². The van der Waals surface area contributed by atoms with Gasteiger partial charge >= 0.3 is 0 Å². The molecule has 0 aliphatic carbocycles. The maximum absolute atomic E-state index is 14.2. The number of nitrogens with zero attached hydrogens (tertiary/aromatic N) is 3. The van der Waals surface area contributed by atoms with Crippen molar-refractivity contribution in [3.8, 4) is 17.5 Å². The molecule has 0 amide bonds. The van der Waals surface area contributed by atoms with Crippen molar-refractivity contribution in [2.75, 3.05) is 5.32 Å². The van der Waals surface area contributed by atoms with Crippen molar-refractivity contribution >= 4 is 16.7 Å². The minimum absolute atomic E-state index is 0.0681. The molecule has 2 aromatic heterocycles. The maximum atomic E-state index is 14.2. The van der Waals surface area contributed by atoms with Crippen molar-refractivity contribution in [3.63, 3.8) is 0 Å². The number of rotatable bonds is 4. The minimum atomic E-state index is -0.737. The first-order valence-electron chi connectivity index (χ1n) is 8.33. The molecular formula is C19H18F3N5. The molecular weight excluding hydrogens is 355 g/mol. The summed E-state index contributed by atoms with van der Waals surface area (Å²) in [6, 6.07) is 3.67. The van der Waals surface area contributed by atoms with Crippen LogP contribution in [0.3, 0.4) is 0 Å². The average molecular weight is 373 g/mol. The van der Waals surface area contributed by atoms with Gasteiger partial charge in [-0.3, -0.25) is 0 Å². The van der Waals surface area contributed by atoms with Crippen molar-refractivity contribution in [3.05, 3.63) is 42.0 Å². The Kier molecular flexibility index (Phi) is 4.79. The molecule has 0 bridgehead atoms. The zero-order valence-electron chi connectivity index (χ0n) is 15.1. The van der Waals surface area contributed by atoms with Gasteiger partial charge in [0.1, 0.15) is 11.6 Å². The van der Waals surface area contributed by atoms with Gasteiger partial charge in [0, 0.05) is 29.3 Å². The van der Waals surface area contributed by atoms with Crippen LogP contribution in [0.5, 0.6) is 0 Å². The van der Waals surface area contributed by atoms with Gasteiger partial charge in [0.2, 0.25) is 0 Å². The second kappa shape index (κ2) is 6.91. The molecule has 27 heavy (non-hydrogen) atoms. The molecule has 8 heteroatoms. The Morgan fingerprint density at radius 2 is 1.96 bits per heavy atom. The lowest BCUT2D eigenvalue weighted by Crippen LogP contribution is -2.34. The Balaban J connectivity index is 2.05. The van der Waals surface area contributed by atoms with Crippen LogP contribution in [0, 0.1) is 34.2 Å². The Morgan fingerprint density at radius 3 is 2.63 bits per heavy atom. The van der Waals surface area contributed by atoms with Crippen LogP contribution < -0.4 is 5.32 Å². The second-order valence-corrected chi connectivity index (χ2v) is 7.33. The SMILES string of the molecule is CC(C)(C)C(CC#N)Nc1nc(-c2c[nH]c3c(F)cc(F)cc23)ncc1F. The van der Waals surface area contributed by atoms with E-state index in [1.165, 1.54) is 6.20 Å². The molecule has 1 unspecified atom stereocenters. The number of anilines is 1. The quantitative estimate of drug-likeness (QED) is 0.690. The van der Waals surface area contributed by atoms with Gasteiger partial charge in [-0.05, 0) is 11.5 Å². The third-order valence-corrected chi connectivity index (χ3v) is 4.34. The molecule has 0 fully saturated rings. The largest absolute Gasteiger partial charge is 0.363 e. The summed E-state index contributed by atoms with van der Waals surface area (Å²) in [5, 5.41) is 12.2. The van der Waals surface area contributed by atoms with Crippen LogP contribution in [0.2, 0.25) is 0 Å². The Morgan fingerprint density at radius 1 is 1.22 bits per heavy atom. The molecule has 5 nitrogen and oxygen atoms in total. The van der Waals surface area contributed by atoms with E-state index in [9.17, 15) is 13.2 Å².